The lowest BCUT2D eigenvalue weighted by molar-refractivity contribution is -0.140. The summed E-state index contributed by atoms with van der Waals surface area (Å²) < 4.78 is 0. The second-order valence-electron chi connectivity index (χ2n) is 21.2. The second kappa shape index (κ2) is 29.9. The molecule has 1 aliphatic carbocycles. The molecule has 4 aromatic rings. The Balaban J connectivity index is 1.23. The van der Waals surface area contributed by atoms with E-state index < -0.39 is 119 Å². The number of nitrogens with zero attached hydrogens (tertiary/aromatic N) is 2. The number of nitrogens with one attached hydrogen (secondary N) is 11. The van der Waals surface area contributed by atoms with Crippen molar-refractivity contribution in [3.05, 3.63) is 90.1 Å². The molecule has 1 spiro atoms. The number of carbonyl (C=O) groups excluding carboxylic acids is 11. The number of ketones is 1. The predicted octanol–water partition coefficient (Wildman–Crippen LogP) is 1.58. The average molecular weight is 1180 g/mol. The molecule has 0 bridgehead atoms. The Hall–Kier alpha value is -7.94. The number of amides is 12. The lowest BCUT2D eigenvalue weighted by atomic mass is 9.81. The second-order valence-corrected chi connectivity index (χ2v) is 23.7. The van der Waals surface area contributed by atoms with Crippen LogP contribution in [-0.4, -0.2) is 157 Å². The minimum atomic E-state index is -1.42. The normalized spacial score (nSPS) is 23.8. The van der Waals surface area contributed by atoms with Crippen molar-refractivity contribution in [1.29, 1.82) is 0 Å². The van der Waals surface area contributed by atoms with Gasteiger partial charge in [-0.3, -0.25) is 43.2 Å². The van der Waals surface area contributed by atoms with E-state index in [2.05, 4.69) is 62.8 Å². The number of unbranched alkanes of at least 4 members (excludes halogenated alkanes) is 1. The van der Waals surface area contributed by atoms with Gasteiger partial charge in [0.25, 0.3) is 5.91 Å². The Morgan fingerprint density at radius 1 is 0.735 bits per heavy atom. The first-order chi connectivity index (χ1) is 39.9. The van der Waals surface area contributed by atoms with Crippen molar-refractivity contribution in [2.75, 3.05) is 18.1 Å². The quantitative estimate of drug-likeness (QED) is 0.0406. The first-order valence-corrected chi connectivity index (χ1v) is 30.5. The lowest BCUT2D eigenvalue weighted by Crippen LogP contribution is -2.61. The van der Waals surface area contributed by atoms with Crippen LogP contribution in [0.25, 0.3) is 10.9 Å². The number of H-pyrrole nitrogens is 2. The van der Waals surface area contributed by atoms with Gasteiger partial charge < -0.3 is 63.6 Å². The van der Waals surface area contributed by atoms with E-state index in [1.165, 1.54) is 26.4 Å². The molecule has 4 heterocycles. The summed E-state index contributed by atoms with van der Waals surface area (Å²) in [6.45, 7) is 4.54. The van der Waals surface area contributed by atoms with Gasteiger partial charge in [0.2, 0.25) is 41.4 Å². The molecule has 446 valence electrons. The number of aromatic amines is 2. The number of carbonyl (C=O) groups is 11. The number of urea groups is 2. The SMILES string of the molecule is CCCC[C@@H](C(=O)N[C@H]1CSSC[C@@H](C(C)=O)NC(=O)[C@H](Cc2c[nH]c3ccccc23)NC(=O)[C@H](CCCNC(N)=O)NC(=O)[C@@H](Cc2ccccc2)NC(=O)[C@H](Cc2cnc[nH]2)NC(=O)[C@@H](C)NC1=O)N1C(=O)NC2(CCCCC2)C1=O. The van der Waals surface area contributed by atoms with Crippen molar-refractivity contribution in [3.8, 4) is 0 Å². The fraction of sp³-hybridized carbons (Fsp3) is 0.500. The van der Waals surface area contributed by atoms with Gasteiger partial charge in [-0.25, -0.2) is 19.5 Å². The van der Waals surface area contributed by atoms with Gasteiger partial charge in [0.05, 0.1) is 12.4 Å². The molecule has 2 aromatic carbocycles. The van der Waals surface area contributed by atoms with Crippen molar-refractivity contribution in [1.82, 2.24) is 67.7 Å². The molecule has 0 unspecified atom stereocenters. The molecular formula is C56H74N14O11S2. The zero-order valence-corrected chi connectivity index (χ0v) is 48.3. The third-order valence-electron chi connectivity index (χ3n) is 15.0. The molecule has 3 fully saturated rings. The summed E-state index contributed by atoms with van der Waals surface area (Å²) in [7, 11) is 2.14. The number of Topliss-reactive ketones (excluding diaryl/α,β-unsaturated/α-hetero) is 1. The first kappa shape index (κ1) is 62.7. The summed E-state index contributed by atoms with van der Waals surface area (Å²) in [5, 5.41) is 25.3. The molecule has 8 atom stereocenters. The zero-order chi connectivity index (χ0) is 59.6. The van der Waals surface area contributed by atoms with Gasteiger partial charge in [-0.2, -0.15) is 0 Å². The molecule has 1 saturated carbocycles. The largest absolute Gasteiger partial charge is 0.361 e. The molecule has 2 aliphatic heterocycles. The molecule has 2 aromatic heterocycles. The van der Waals surface area contributed by atoms with Crippen molar-refractivity contribution >= 4 is 97.6 Å². The molecule has 2 saturated heterocycles. The Morgan fingerprint density at radius 3 is 2.06 bits per heavy atom. The van der Waals surface area contributed by atoms with Crippen LogP contribution in [0.4, 0.5) is 9.59 Å². The van der Waals surface area contributed by atoms with Crippen LogP contribution in [-0.2, 0) is 62.4 Å². The van der Waals surface area contributed by atoms with Crippen molar-refractivity contribution in [2.24, 2.45) is 5.73 Å². The lowest BCUT2D eigenvalue weighted by Gasteiger charge is -2.32. The van der Waals surface area contributed by atoms with E-state index in [0.717, 1.165) is 43.8 Å². The molecule has 7 rings (SSSR count). The van der Waals surface area contributed by atoms with E-state index in [-0.39, 0.29) is 56.6 Å². The maximum Gasteiger partial charge on any atom is 0.325 e. The van der Waals surface area contributed by atoms with Gasteiger partial charge in [0.15, 0.2) is 5.78 Å². The number of benzene rings is 2. The summed E-state index contributed by atoms with van der Waals surface area (Å²) in [6.07, 6.45) is 8.48. The van der Waals surface area contributed by atoms with E-state index in [4.69, 9.17) is 5.73 Å². The van der Waals surface area contributed by atoms with Gasteiger partial charge in [-0.15, -0.1) is 0 Å². The van der Waals surface area contributed by atoms with E-state index in [9.17, 15) is 52.7 Å². The summed E-state index contributed by atoms with van der Waals surface area (Å²) in [4.78, 5) is 166. The number of primary amides is 1. The average Bonchev–Trinajstić information content (AvgIpc) is 2.83. The van der Waals surface area contributed by atoms with Crippen LogP contribution in [0.2, 0.25) is 0 Å². The molecule has 13 N–H and O–H groups in total. The van der Waals surface area contributed by atoms with Crippen molar-refractivity contribution < 1.29 is 52.7 Å². The number of hydrogen-bond acceptors (Lipinski definition) is 14. The molecule has 3 aliphatic rings. The third-order valence-corrected chi connectivity index (χ3v) is 17.4. The van der Waals surface area contributed by atoms with Crippen LogP contribution >= 0.6 is 21.6 Å². The highest BCUT2D eigenvalue weighted by molar-refractivity contribution is 8.76. The van der Waals surface area contributed by atoms with Crippen LogP contribution in [0.5, 0.6) is 0 Å². The topological polar surface area (TPSA) is 370 Å². The summed E-state index contributed by atoms with van der Waals surface area (Å²) in [5.74, 6) is -6.93. The van der Waals surface area contributed by atoms with Gasteiger partial charge >= 0.3 is 12.1 Å². The molecule has 25 nitrogen and oxygen atoms in total. The maximum atomic E-state index is 14.7. The highest BCUT2D eigenvalue weighted by Gasteiger charge is 2.54. The summed E-state index contributed by atoms with van der Waals surface area (Å²) in [5.41, 5.74) is 6.61. The van der Waals surface area contributed by atoms with Crippen LogP contribution in [0.3, 0.4) is 0 Å². The minimum absolute atomic E-state index is 0.00768. The Kier molecular flexibility index (Phi) is 22.5. The van der Waals surface area contributed by atoms with Crippen LogP contribution < -0.4 is 53.6 Å². The van der Waals surface area contributed by atoms with E-state index in [1.807, 2.05) is 31.2 Å². The van der Waals surface area contributed by atoms with Crippen molar-refractivity contribution in [2.45, 2.75) is 158 Å². The van der Waals surface area contributed by atoms with Crippen LogP contribution in [0.15, 0.2) is 73.3 Å². The molecule has 12 amide bonds. The predicted molar refractivity (Wildman–Crippen MR) is 311 cm³/mol. The molecule has 0 radical (unpaired) electrons. The van der Waals surface area contributed by atoms with Crippen LogP contribution in [0.1, 0.15) is 102 Å². The van der Waals surface area contributed by atoms with Crippen molar-refractivity contribution in [3.63, 3.8) is 0 Å². The first-order valence-electron chi connectivity index (χ1n) is 28.0. The number of hydrogen-bond donors (Lipinski definition) is 12. The smallest absolute Gasteiger partial charge is 0.325 e. The number of imide groups is 1. The van der Waals surface area contributed by atoms with Crippen LogP contribution in [0, 0.1) is 0 Å². The zero-order valence-electron chi connectivity index (χ0n) is 46.6. The number of rotatable bonds is 17. The molecular weight excluding hydrogens is 1110 g/mol. The molecule has 83 heavy (non-hydrogen) atoms. The molecule has 27 heteroatoms. The Labute approximate surface area is 488 Å². The highest BCUT2D eigenvalue weighted by atomic mass is 33.1. The third kappa shape index (κ3) is 17.1. The maximum absolute atomic E-state index is 14.7. The monoisotopic (exact) mass is 1180 g/mol. The van der Waals surface area contributed by atoms with E-state index in [1.54, 1.807) is 36.5 Å². The van der Waals surface area contributed by atoms with E-state index in [0.29, 0.717) is 55.3 Å². The number of nitrogens with two attached hydrogens (primary N) is 1. The number of para-hydroxylation sites is 1. The van der Waals surface area contributed by atoms with Gasteiger partial charge in [0.1, 0.15) is 47.8 Å². The standard InChI is InChI=1S/C56H74N14O11S2/c1-4-5-20-45(70-53(79)56(69-55(70)81)21-12-7-13-22-56)52(78)68-44-30-83-82-29-43(33(3)71)67-49(75)41(25-35-27-60-38-18-11-10-17-37(35)38)66-47(73)39(19-14-23-59-54(57)80)63-48(74)40(24-34-15-8-6-9-16-34)65-50(76)42(26-36-28-58-31-61-36)64-46(72)32(2)62-51(44)77/h6,8-11,15-18,27-28,31-32,39-45,60H,4-5,7,12-14,19-26,29-30H2,1-3H3,(H,58,61)(H,62,77)(H,63,74)(H,64,72)(H,65,76)(H,66,73)(H,67,75)(H,68,78)(H,69,81)(H3,57,59,80)/t32-,39+,40-,41+,42+,43+,44+,45+/m1/s1. The number of aromatic nitrogens is 3. The Bertz CT molecular complexity index is 2970. The fourth-order valence-electron chi connectivity index (χ4n) is 10.3. The van der Waals surface area contributed by atoms with Gasteiger partial charge in [-0.1, -0.05) is 109 Å². The number of imidazole rings is 1. The fourth-order valence-corrected chi connectivity index (χ4v) is 12.7. The summed E-state index contributed by atoms with van der Waals surface area (Å²) >= 11 is 0. The summed E-state index contributed by atoms with van der Waals surface area (Å²) in [6, 6.07) is 3.67. The highest BCUT2D eigenvalue weighted by Crippen LogP contribution is 2.35. The van der Waals surface area contributed by atoms with Gasteiger partial charge in [0, 0.05) is 66.3 Å². The Morgan fingerprint density at radius 2 is 1.37 bits per heavy atom. The number of fused-ring (bicyclic) bond motifs is 1. The van der Waals surface area contributed by atoms with E-state index >= 15 is 0 Å². The minimum Gasteiger partial charge on any atom is -0.361 e. The van der Waals surface area contributed by atoms with Gasteiger partial charge in [-0.05, 0) is 63.1 Å².